The highest BCUT2D eigenvalue weighted by molar-refractivity contribution is 6.04. The molecule has 0 spiro atoms. The molecule has 9 heteroatoms. The van der Waals surface area contributed by atoms with Crippen LogP contribution in [0, 0.1) is 0 Å². The van der Waals surface area contributed by atoms with Crippen LogP contribution in [0.5, 0.6) is 0 Å². The van der Waals surface area contributed by atoms with E-state index in [9.17, 15) is 9.59 Å². The SMILES string of the molecule is O=C(Cn1c(-c2ccccc2)ncc(NCc2ccc3c(c2)oc2ccccc23)c1=O)NCc1cc2cnccc2[nH]1. The Morgan fingerprint density at radius 3 is 2.60 bits per heavy atom. The van der Waals surface area contributed by atoms with Crippen LogP contribution < -0.4 is 16.2 Å². The Hall–Kier alpha value is -5.70. The monoisotopic (exact) mass is 554 g/mol. The Bertz CT molecular complexity index is 2090. The molecule has 0 aliphatic carbocycles. The number of H-pyrrole nitrogens is 1. The molecule has 0 aliphatic rings. The lowest BCUT2D eigenvalue weighted by atomic mass is 10.1. The van der Waals surface area contributed by atoms with Crippen molar-refractivity contribution >= 4 is 44.4 Å². The molecule has 42 heavy (non-hydrogen) atoms. The number of pyridine rings is 1. The fraction of sp³-hybridized carbons (Fsp3) is 0.0909. The number of aromatic nitrogens is 4. The number of anilines is 1. The molecule has 0 radical (unpaired) electrons. The molecule has 0 aliphatic heterocycles. The smallest absolute Gasteiger partial charge is 0.277 e. The number of amides is 1. The van der Waals surface area contributed by atoms with E-state index in [4.69, 9.17) is 4.42 Å². The van der Waals surface area contributed by atoms with Gasteiger partial charge in [-0.2, -0.15) is 0 Å². The number of para-hydroxylation sites is 1. The molecule has 0 atom stereocenters. The molecule has 1 amide bonds. The van der Waals surface area contributed by atoms with E-state index in [0.717, 1.165) is 49.7 Å². The van der Waals surface area contributed by atoms with Crippen LogP contribution in [-0.4, -0.2) is 25.4 Å². The second kappa shape index (κ2) is 10.7. The van der Waals surface area contributed by atoms with Crippen molar-refractivity contribution < 1.29 is 9.21 Å². The van der Waals surface area contributed by atoms with Gasteiger partial charge in [-0.25, -0.2) is 4.98 Å². The molecule has 9 nitrogen and oxygen atoms in total. The van der Waals surface area contributed by atoms with Crippen LogP contribution in [0.25, 0.3) is 44.2 Å². The summed E-state index contributed by atoms with van der Waals surface area (Å²) in [4.78, 5) is 38.7. The molecule has 4 aromatic heterocycles. The summed E-state index contributed by atoms with van der Waals surface area (Å²) in [5, 5.41) is 9.20. The summed E-state index contributed by atoms with van der Waals surface area (Å²) >= 11 is 0. The maximum absolute atomic E-state index is 13.7. The van der Waals surface area contributed by atoms with Gasteiger partial charge in [0.2, 0.25) is 5.91 Å². The van der Waals surface area contributed by atoms with Gasteiger partial charge < -0.3 is 20.0 Å². The standard InChI is InChI=1S/C33H26N6O3/c40-31(36-18-24-15-23-17-34-13-12-27(23)38-24)20-39-32(22-6-2-1-3-7-22)37-19-28(33(39)41)35-16-21-10-11-26-25-8-4-5-9-29(25)42-30(26)14-21/h1-15,17,19,35,38H,16,18,20H2,(H,36,40). The number of nitrogens with one attached hydrogen (secondary N) is 3. The van der Waals surface area contributed by atoms with Crippen LogP contribution in [0.1, 0.15) is 11.3 Å². The molecule has 0 unspecified atom stereocenters. The Balaban J connectivity index is 1.13. The van der Waals surface area contributed by atoms with E-state index in [0.29, 0.717) is 24.6 Å². The molecule has 3 N–H and O–H groups in total. The fourth-order valence-electron chi connectivity index (χ4n) is 5.18. The number of furan rings is 1. The number of carbonyl (C=O) groups is 1. The lowest BCUT2D eigenvalue weighted by molar-refractivity contribution is -0.121. The molecule has 0 saturated heterocycles. The number of nitrogens with zero attached hydrogens (tertiary/aromatic N) is 3. The average molecular weight is 555 g/mol. The van der Waals surface area contributed by atoms with Crippen molar-refractivity contribution in [3.05, 3.63) is 125 Å². The highest BCUT2D eigenvalue weighted by Crippen LogP contribution is 2.29. The molecular weight excluding hydrogens is 528 g/mol. The zero-order valence-electron chi connectivity index (χ0n) is 22.5. The number of hydrogen-bond acceptors (Lipinski definition) is 6. The normalized spacial score (nSPS) is 11.3. The van der Waals surface area contributed by atoms with Crippen LogP contribution in [0.15, 0.2) is 113 Å². The van der Waals surface area contributed by atoms with E-state index < -0.39 is 0 Å². The minimum absolute atomic E-state index is 0.182. The molecule has 206 valence electrons. The molecule has 7 aromatic rings. The molecular formula is C33H26N6O3. The molecule has 0 bridgehead atoms. The summed E-state index contributed by atoms with van der Waals surface area (Å²) in [6.07, 6.45) is 5.00. The van der Waals surface area contributed by atoms with E-state index in [2.05, 4.69) is 25.6 Å². The third-order valence-electron chi connectivity index (χ3n) is 7.26. The fourth-order valence-corrected chi connectivity index (χ4v) is 5.18. The Kier molecular flexibility index (Phi) is 6.44. The zero-order valence-corrected chi connectivity index (χ0v) is 22.5. The van der Waals surface area contributed by atoms with Gasteiger partial charge in [0.15, 0.2) is 0 Å². The van der Waals surface area contributed by atoms with Crippen molar-refractivity contribution in [2.45, 2.75) is 19.6 Å². The van der Waals surface area contributed by atoms with E-state index in [1.807, 2.05) is 84.9 Å². The van der Waals surface area contributed by atoms with Gasteiger partial charge in [0.05, 0.1) is 12.7 Å². The van der Waals surface area contributed by atoms with E-state index in [1.54, 1.807) is 12.4 Å². The average Bonchev–Trinajstić information content (AvgIpc) is 3.61. The van der Waals surface area contributed by atoms with Crippen molar-refractivity contribution in [3.63, 3.8) is 0 Å². The number of hydrogen-bond donors (Lipinski definition) is 3. The van der Waals surface area contributed by atoms with E-state index in [-0.39, 0.29) is 18.0 Å². The van der Waals surface area contributed by atoms with E-state index in [1.165, 1.54) is 10.8 Å². The first-order valence-electron chi connectivity index (χ1n) is 13.6. The summed E-state index contributed by atoms with van der Waals surface area (Å²) in [5.74, 6) is 0.113. The predicted octanol–water partition coefficient (Wildman–Crippen LogP) is 5.61. The van der Waals surface area contributed by atoms with Gasteiger partial charge in [0.25, 0.3) is 5.56 Å². The number of fused-ring (bicyclic) bond motifs is 4. The van der Waals surface area contributed by atoms with Crippen molar-refractivity contribution in [2.24, 2.45) is 0 Å². The third-order valence-corrected chi connectivity index (χ3v) is 7.26. The van der Waals surface area contributed by atoms with Gasteiger partial charge in [-0.05, 0) is 29.8 Å². The van der Waals surface area contributed by atoms with Crippen molar-refractivity contribution in [1.82, 2.24) is 24.8 Å². The maximum Gasteiger partial charge on any atom is 0.277 e. The Morgan fingerprint density at radius 2 is 1.71 bits per heavy atom. The van der Waals surface area contributed by atoms with Gasteiger partial charge in [-0.1, -0.05) is 60.7 Å². The van der Waals surface area contributed by atoms with Crippen LogP contribution in [-0.2, 0) is 24.4 Å². The quantitative estimate of drug-likeness (QED) is 0.225. The summed E-state index contributed by atoms with van der Waals surface area (Å²) in [6.45, 7) is 0.493. The lowest BCUT2D eigenvalue weighted by Crippen LogP contribution is -2.34. The number of aromatic amines is 1. The Labute approximate surface area is 239 Å². The van der Waals surface area contributed by atoms with Gasteiger partial charge in [0, 0.05) is 51.9 Å². The summed E-state index contributed by atoms with van der Waals surface area (Å²) in [5.41, 5.74) is 5.07. The Morgan fingerprint density at radius 1 is 0.881 bits per heavy atom. The summed E-state index contributed by atoms with van der Waals surface area (Å²) in [7, 11) is 0. The van der Waals surface area contributed by atoms with Gasteiger partial charge in [0.1, 0.15) is 29.2 Å². The second-order valence-electron chi connectivity index (χ2n) is 10.1. The number of carbonyl (C=O) groups excluding carboxylic acids is 1. The largest absolute Gasteiger partial charge is 0.456 e. The molecule has 7 rings (SSSR count). The zero-order chi connectivity index (χ0) is 28.5. The molecule has 4 heterocycles. The first-order chi connectivity index (χ1) is 20.6. The van der Waals surface area contributed by atoms with Crippen LogP contribution in [0.4, 0.5) is 5.69 Å². The van der Waals surface area contributed by atoms with Gasteiger partial charge in [-0.3, -0.25) is 19.1 Å². The van der Waals surface area contributed by atoms with Crippen molar-refractivity contribution in [2.75, 3.05) is 5.32 Å². The topological polar surface area (TPSA) is 118 Å². The van der Waals surface area contributed by atoms with Gasteiger partial charge in [-0.15, -0.1) is 0 Å². The third kappa shape index (κ3) is 4.88. The highest BCUT2D eigenvalue weighted by atomic mass is 16.3. The molecule has 0 saturated carbocycles. The van der Waals surface area contributed by atoms with Crippen molar-refractivity contribution in [3.8, 4) is 11.4 Å². The summed E-state index contributed by atoms with van der Waals surface area (Å²) in [6, 6.07) is 27.1. The van der Waals surface area contributed by atoms with Crippen LogP contribution in [0.2, 0.25) is 0 Å². The highest BCUT2D eigenvalue weighted by Gasteiger charge is 2.16. The molecule has 0 fully saturated rings. The van der Waals surface area contributed by atoms with Crippen molar-refractivity contribution in [1.29, 1.82) is 0 Å². The van der Waals surface area contributed by atoms with E-state index >= 15 is 0 Å². The first kappa shape index (κ1) is 25.3. The minimum Gasteiger partial charge on any atom is -0.456 e. The lowest BCUT2D eigenvalue weighted by Gasteiger charge is -2.15. The summed E-state index contributed by atoms with van der Waals surface area (Å²) < 4.78 is 7.42. The number of rotatable bonds is 8. The maximum atomic E-state index is 13.7. The first-order valence-corrected chi connectivity index (χ1v) is 13.6. The second-order valence-corrected chi connectivity index (χ2v) is 10.1. The van der Waals surface area contributed by atoms with Crippen LogP contribution >= 0.6 is 0 Å². The van der Waals surface area contributed by atoms with Gasteiger partial charge >= 0.3 is 0 Å². The predicted molar refractivity (Wildman–Crippen MR) is 163 cm³/mol. The number of benzene rings is 3. The molecule has 3 aromatic carbocycles. The minimum atomic E-state index is -0.333. The van der Waals surface area contributed by atoms with Crippen LogP contribution in [0.3, 0.4) is 0 Å².